The van der Waals surface area contributed by atoms with Gasteiger partial charge in [-0.3, -0.25) is 9.59 Å². The van der Waals surface area contributed by atoms with Gasteiger partial charge in [0.05, 0.1) is 0 Å². The largest absolute Gasteiger partial charge is 0.285 e. The molecule has 0 atom stereocenters. The maximum Gasteiger partial charge on any atom is 0.279 e. The molecule has 0 saturated carbocycles. The van der Waals surface area contributed by atoms with Crippen molar-refractivity contribution in [3.05, 3.63) is 35.5 Å². The number of hydrogen-bond donors (Lipinski definition) is 1. The Labute approximate surface area is 97.1 Å². The first kappa shape index (κ1) is 9.89. The molecule has 0 aliphatic heterocycles. The van der Waals surface area contributed by atoms with Crippen LogP contribution in [-0.2, 0) is 6.54 Å². The smallest absolute Gasteiger partial charge is 0.279 e. The lowest BCUT2D eigenvalue weighted by atomic mass is 9.90. The zero-order valence-corrected chi connectivity index (χ0v) is 9.23. The number of carbonyl (C=O) groups excluding carboxylic acids is 2. The number of benzene rings is 1. The molecule has 3 rings (SSSR count). The molecule has 1 aliphatic rings. The lowest BCUT2D eigenvalue weighted by molar-refractivity contribution is -0.751. The Hall–Kier alpha value is -2.30. The van der Waals surface area contributed by atoms with Gasteiger partial charge in [-0.05, 0) is 13.0 Å². The highest BCUT2D eigenvalue weighted by Gasteiger charge is 2.40. The molecule has 1 N–H and O–H groups in total. The highest BCUT2D eigenvalue weighted by atomic mass is 16.2. The average Bonchev–Trinajstić information content (AvgIpc) is 2.80. The van der Waals surface area contributed by atoms with Gasteiger partial charge in [-0.15, -0.1) is 0 Å². The number of nitrogens with zero attached hydrogens (tertiary/aromatic N) is 2. The van der Waals surface area contributed by atoms with Gasteiger partial charge in [-0.2, -0.15) is 4.68 Å². The van der Waals surface area contributed by atoms with Gasteiger partial charge in [0.25, 0.3) is 17.2 Å². The third-order valence-corrected chi connectivity index (χ3v) is 2.94. The molecule has 5 heteroatoms. The van der Waals surface area contributed by atoms with Crippen molar-refractivity contribution < 1.29 is 14.3 Å². The molecule has 5 nitrogen and oxygen atoms in total. The third-order valence-electron chi connectivity index (χ3n) is 2.94. The molecule has 0 bridgehead atoms. The molecule has 0 amide bonds. The number of Topliss-reactive ketones (excluding diaryl/α,β-unsaturated/α-hetero) is 2. The van der Waals surface area contributed by atoms with E-state index in [0.29, 0.717) is 23.5 Å². The van der Waals surface area contributed by atoms with E-state index in [9.17, 15) is 9.59 Å². The number of ketones is 2. The molecular weight excluding hydrogens is 218 g/mol. The van der Waals surface area contributed by atoms with Crippen molar-refractivity contribution >= 4 is 11.6 Å². The second-order valence-corrected chi connectivity index (χ2v) is 3.86. The summed E-state index contributed by atoms with van der Waals surface area (Å²) in [6.45, 7) is 2.46. The van der Waals surface area contributed by atoms with E-state index in [4.69, 9.17) is 0 Å². The molecule has 2 aromatic rings. The van der Waals surface area contributed by atoms with E-state index < -0.39 is 11.6 Å². The van der Waals surface area contributed by atoms with Crippen LogP contribution in [0.4, 0.5) is 0 Å². The second-order valence-electron chi connectivity index (χ2n) is 3.86. The molecule has 0 radical (unpaired) electrons. The summed E-state index contributed by atoms with van der Waals surface area (Å²) >= 11 is 0. The molecule has 0 unspecified atom stereocenters. The van der Waals surface area contributed by atoms with Crippen LogP contribution in [0.25, 0.3) is 11.3 Å². The summed E-state index contributed by atoms with van der Waals surface area (Å²) in [7, 11) is 0. The maximum atomic E-state index is 12.0. The summed E-state index contributed by atoms with van der Waals surface area (Å²) in [6, 6.07) is 7.04. The number of rotatable bonds is 1. The Bertz CT molecular complexity index is 643. The summed E-state index contributed by atoms with van der Waals surface area (Å²) in [5.41, 5.74) is 2.07. The zero-order chi connectivity index (χ0) is 12.0. The normalized spacial score (nSPS) is 13.5. The highest BCUT2D eigenvalue weighted by molar-refractivity contribution is 6.51. The van der Waals surface area contributed by atoms with Crippen molar-refractivity contribution in [2.24, 2.45) is 0 Å². The van der Waals surface area contributed by atoms with Crippen LogP contribution in [0.15, 0.2) is 24.3 Å². The number of nitrogens with one attached hydrogen (secondary N) is 1. The second kappa shape index (κ2) is 3.35. The van der Waals surface area contributed by atoms with Crippen LogP contribution < -0.4 is 4.68 Å². The van der Waals surface area contributed by atoms with E-state index in [0.717, 1.165) is 5.56 Å². The summed E-state index contributed by atoms with van der Waals surface area (Å²) in [4.78, 5) is 23.9. The van der Waals surface area contributed by atoms with E-state index in [2.05, 4.69) is 10.3 Å². The summed E-state index contributed by atoms with van der Waals surface area (Å²) < 4.78 is 1.59. The van der Waals surface area contributed by atoms with Gasteiger partial charge in [0.2, 0.25) is 5.78 Å². The van der Waals surface area contributed by atoms with Crippen molar-refractivity contribution in [2.75, 3.05) is 0 Å². The molecule has 1 aromatic heterocycles. The van der Waals surface area contributed by atoms with Gasteiger partial charge >= 0.3 is 0 Å². The molecule has 1 aliphatic carbocycles. The van der Waals surface area contributed by atoms with Crippen molar-refractivity contribution in [1.82, 2.24) is 10.3 Å². The Morgan fingerprint density at radius 1 is 1.18 bits per heavy atom. The van der Waals surface area contributed by atoms with Gasteiger partial charge in [-0.25, -0.2) is 0 Å². The quantitative estimate of drug-likeness (QED) is 0.579. The predicted molar refractivity (Wildman–Crippen MR) is 58.6 cm³/mol. The number of fused-ring (bicyclic) bond motifs is 3. The fourth-order valence-electron chi connectivity index (χ4n) is 2.11. The highest BCUT2D eigenvalue weighted by Crippen LogP contribution is 2.29. The Balaban J connectivity index is 2.37. The Morgan fingerprint density at radius 3 is 2.59 bits per heavy atom. The van der Waals surface area contributed by atoms with Crippen molar-refractivity contribution in [3.63, 3.8) is 0 Å². The number of carbonyl (C=O) groups is 2. The summed E-state index contributed by atoms with van der Waals surface area (Å²) in [6.07, 6.45) is 0. The van der Waals surface area contributed by atoms with Crippen molar-refractivity contribution in [2.45, 2.75) is 13.5 Å². The molecule has 1 aromatic carbocycles. The fourth-order valence-corrected chi connectivity index (χ4v) is 2.11. The predicted octanol–water partition coefficient (Wildman–Crippen LogP) is 0.763. The molecule has 1 heterocycles. The van der Waals surface area contributed by atoms with E-state index in [1.165, 1.54) is 0 Å². The number of aromatic amines is 1. The molecule has 84 valence electrons. The van der Waals surface area contributed by atoms with E-state index in [1.807, 2.05) is 13.0 Å². The van der Waals surface area contributed by atoms with Crippen molar-refractivity contribution in [1.29, 1.82) is 0 Å². The van der Waals surface area contributed by atoms with Gasteiger partial charge < -0.3 is 0 Å². The first-order chi connectivity index (χ1) is 8.24. The minimum atomic E-state index is -0.491. The zero-order valence-electron chi connectivity index (χ0n) is 9.23. The van der Waals surface area contributed by atoms with E-state index in [1.54, 1.807) is 22.9 Å². The van der Waals surface area contributed by atoms with Crippen LogP contribution in [0.3, 0.4) is 0 Å². The average molecular weight is 228 g/mol. The molecule has 0 spiro atoms. The topological polar surface area (TPSA) is 66.7 Å². The number of aromatic nitrogens is 3. The van der Waals surface area contributed by atoms with Crippen LogP contribution in [0, 0.1) is 0 Å². The molecular formula is C12H10N3O2+. The number of aryl methyl sites for hydroxylation is 1. The van der Waals surface area contributed by atoms with Crippen LogP contribution in [0.2, 0.25) is 0 Å². The van der Waals surface area contributed by atoms with Crippen LogP contribution in [0.5, 0.6) is 0 Å². The SMILES string of the molecule is CC[n+]1[nH]nc2c1C(=O)C(=O)c1ccccc1-2. The van der Waals surface area contributed by atoms with Crippen LogP contribution in [0.1, 0.15) is 27.8 Å². The van der Waals surface area contributed by atoms with E-state index in [-0.39, 0.29) is 0 Å². The summed E-state index contributed by atoms with van der Waals surface area (Å²) in [5.74, 6) is -0.953. The molecule has 0 fully saturated rings. The fraction of sp³-hybridized carbons (Fsp3) is 0.167. The molecule has 0 saturated heterocycles. The van der Waals surface area contributed by atoms with Crippen LogP contribution >= 0.6 is 0 Å². The van der Waals surface area contributed by atoms with Crippen molar-refractivity contribution in [3.8, 4) is 11.3 Å². The third kappa shape index (κ3) is 1.19. The number of hydrogen-bond acceptors (Lipinski definition) is 3. The number of H-pyrrole nitrogens is 1. The van der Waals surface area contributed by atoms with Crippen LogP contribution in [-0.4, -0.2) is 21.9 Å². The Morgan fingerprint density at radius 2 is 1.88 bits per heavy atom. The molecule has 17 heavy (non-hydrogen) atoms. The van der Waals surface area contributed by atoms with Gasteiger partial charge in [0.1, 0.15) is 6.54 Å². The summed E-state index contributed by atoms with van der Waals surface area (Å²) in [5, 5.41) is 6.87. The minimum Gasteiger partial charge on any atom is -0.285 e. The van der Waals surface area contributed by atoms with Gasteiger partial charge in [0, 0.05) is 16.2 Å². The maximum absolute atomic E-state index is 12.0. The lowest BCUT2D eigenvalue weighted by Crippen LogP contribution is -2.43. The minimum absolute atomic E-state index is 0.358. The lowest BCUT2D eigenvalue weighted by Gasteiger charge is -2.08. The van der Waals surface area contributed by atoms with Gasteiger partial charge in [-0.1, -0.05) is 23.4 Å². The van der Waals surface area contributed by atoms with Gasteiger partial charge in [0.15, 0.2) is 0 Å². The first-order valence-corrected chi connectivity index (χ1v) is 5.40. The van der Waals surface area contributed by atoms with E-state index >= 15 is 0 Å². The monoisotopic (exact) mass is 228 g/mol. The Kier molecular flexibility index (Phi) is 1.95. The standard InChI is InChI=1S/C12H9N3O2/c1-2-15-10-9(13-14-15)7-5-3-4-6-8(7)11(16)12(10)17/h3-6H,2H2,1H3/p+1. The first-order valence-electron chi connectivity index (χ1n) is 5.40.